The van der Waals surface area contributed by atoms with E-state index in [0.29, 0.717) is 24.6 Å². The minimum Gasteiger partial charge on any atom is -0.393 e. The molecule has 1 aliphatic rings. The largest absolute Gasteiger partial charge is 0.393 e. The number of carbonyl (C=O) groups excluding carboxylic acids is 1. The highest BCUT2D eigenvalue weighted by Crippen LogP contribution is 2.23. The molecule has 3 rings (SSSR count). The van der Waals surface area contributed by atoms with Gasteiger partial charge >= 0.3 is 0 Å². The summed E-state index contributed by atoms with van der Waals surface area (Å²) in [5, 5.41) is 17.2. The summed E-state index contributed by atoms with van der Waals surface area (Å²) in [5.41, 5.74) is 3.95. The third-order valence-electron chi connectivity index (χ3n) is 4.96. The lowest BCUT2D eigenvalue weighted by Crippen LogP contribution is -2.32. The van der Waals surface area contributed by atoms with Crippen molar-refractivity contribution in [2.45, 2.75) is 52.2 Å². The van der Waals surface area contributed by atoms with Gasteiger partial charge in [-0.15, -0.1) is 0 Å². The summed E-state index contributed by atoms with van der Waals surface area (Å²) in [7, 11) is 0. The van der Waals surface area contributed by atoms with Crippen molar-refractivity contribution in [3.8, 4) is 0 Å². The maximum absolute atomic E-state index is 12.3. The fourth-order valence-electron chi connectivity index (χ4n) is 3.56. The number of nitrogens with one attached hydrogen (secondary N) is 1. The summed E-state index contributed by atoms with van der Waals surface area (Å²) in [6.07, 6.45) is 3.61. The summed E-state index contributed by atoms with van der Waals surface area (Å²) in [4.78, 5) is 12.3. The molecule has 5 nitrogen and oxygen atoms in total. The molecule has 1 saturated carbocycles. The van der Waals surface area contributed by atoms with Crippen LogP contribution in [-0.4, -0.2) is 33.4 Å². The molecule has 134 valence electrons. The Labute approximate surface area is 149 Å². The number of hydrogen-bond acceptors (Lipinski definition) is 3. The van der Waals surface area contributed by atoms with Crippen LogP contribution < -0.4 is 5.32 Å². The van der Waals surface area contributed by atoms with Gasteiger partial charge in [0.25, 0.3) is 5.91 Å². The Morgan fingerprint density at radius 2 is 2.04 bits per heavy atom. The van der Waals surface area contributed by atoms with E-state index >= 15 is 0 Å². The second-order valence-electron chi connectivity index (χ2n) is 7.18. The van der Waals surface area contributed by atoms with Crippen LogP contribution in [0.1, 0.15) is 53.0 Å². The zero-order valence-electron chi connectivity index (χ0n) is 15.0. The summed E-state index contributed by atoms with van der Waals surface area (Å²) in [6, 6.07) is 9.76. The van der Waals surface area contributed by atoms with E-state index in [1.54, 1.807) is 0 Å². The maximum Gasteiger partial charge on any atom is 0.251 e. The van der Waals surface area contributed by atoms with Crippen LogP contribution in [-0.2, 0) is 6.54 Å². The molecule has 2 N–H and O–H groups in total. The van der Waals surface area contributed by atoms with Crippen LogP contribution in [0, 0.1) is 19.8 Å². The summed E-state index contributed by atoms with van der Waals surface area (Å²) < 4.78 is 1.97. The summed E-state index contributed by atoms with van der Waals surface area (Å²) in [5.74, 6) is 0.343. The first-order valence-corrected chi connectivity index (χ1v) is 9.07. The smallest absolute Gasteiger partial charge is 0.251 e. The maximum atomic E-state index is 12.3. The molecule has 1 aliphatic carbocycles. The highest BCUT2D eigenvalue weighted by molar-refractivity contribution is 5.94. The number of rotatable bonds is 5. The van der Waals surface area contributed by atoms with Gasteiger partial charge in [-0.2, -0.15) is 5.10 Å². The number of aliphatic hydroxyl groups is 1. The van der Waals surface area contributed by atoms with Gasteiger partial charge in [0.2, 0.25) is 0 Å². The number of aryl methyl sites for hydroxylation is 2. The van der Waals surface area contributed by atoms with Gasteiger partial charge in [0, 0.05) is 17.8 Å². The number of nitrogens with zero attached hydrogens (tertiary/aromatic N) is 2. The normalized spacial score (nSPS) is 20.4. The van der Waals surface area contributed by atoms with E-state index in [1.165, 1.54) is 0 Å². The van der Waals surface area contributed by atoms with E-state index in [1.807, 2.05) is 42.8 Å². The van der Waals surface area contributed by atoms with Gasteiger partial charge in [0.15, 0.2) is 0 Å². The molecule has 2 unspecified atom stereocenters. The number of aromatic nitrogens is 2. The molecule has 0 radical (unpaired) electrons. The number of hydrogen-bond donors (Lipinski definition) is 2. The van der Waals surface area contributed by atoms with Gasteiger partial charge in [-0.25, -0.2) is 0 Å². The SMILES string of the molecule is Cc1cc(C)n(Cc2ccc(C(=O)NCC3CCCC(O)C3)cc2)n1. The first-order chi connectivity index (χ1) is 12.0. The molecule has 2 atom stereocenters. The fraction of sp³-hybridized carbons (Fsp3) is 0.500. The zero-order valence-corrected chi connectivity index (χ0v) is 15.0. The van der Waals surface area contributed by atoms with Gasteiger partial charge in [-0.3, -0.25) is 9.48 Å². The van der Waals surface area contributed by atoms with Crippen LogP contribution in [0.4, 0.5) is 0 Å². The lowest BCUT2D eigenvalue weighted by atomic mass is 9.87. The molecular weight excluding hydrogens is 314 g/mol. The lowest BCUT2D eigenvalue weighted by molar-refractivity contribution is 0.0874. The molecule has 1 aromatic heterocycles. The molecule has 0 spiro atoms. The molecule has 0 bridgehead atoms. The van der Waals surface area contributed by atoms with Gasteiger partial charge in [-0.1, -0.05) is 18.6 Å². The number of carbonyl (C=O) groups is 1. The molecule has 1 heterocycles. The zero-order chi connectivity index (χ0) is 17.8. The monoisotopic (exact) mass is 341 g/mol. The van der Waals surface area contributed by atoms with Gasteiger partial charge < -0.3 is 10.4 Å². The van der Waals surface area contributed by atoms with Crippen LogP contribution >= 0.6 is 0 Å². The molecule has 1 fully saturated rings. The number of benzene rings is 1. The summed E-state index contributed by atoms with van der Waals surface area (Å²) in [6.45, 7) is 5.39. The van der Waals surface area contributed by atoms with Crippen molar-refractivity contribution >= 4 is 5.91 Å². The predicted octanol–water partition coefficient (Wildman–Crippen LogP) is 2.83. The van der Waals surface area contributed by atoms with Crippen molar-refractivity contribution in [3.05, 3.63) is 52.8 Å². The van der Waals surface area contributed by atoms with Crippen molar-refractivity contribution in [1.29, 1.82) is 0 Å². The molecule has 0 aliphatic heterocycles. The van der Waals surface area contributed by atoms with Crippen molar-refractivity contribution in [2.75, 3.05) is 6.54 Å². The van der Waals surface area contributed by atoms with Crippen LogP contribution in [0.25, 0.3) is 0 Å². The average Bonchev–Trinajstić information content (AvgIpc) is 2.91. The first kappa shape index (κ1) is 17.7. The second kappa shape index (κ2) is 7.83. The fourth-order valence-corrected chi connectivity index (χ4v) is 3.56. The topological polar surface area (TPSA) is 67.2 Å². The summed E-state index contributed by atoms with van der Waals surface area (Å²) >= 11 is 0. The van der Waals surface area contributed by atoms with Gasteiger partial charge in [-0.05, 0) is 62.8 Å². The molecule has 2 aromatic rings. The van der Waals surface area contributed by atoms with Crippen LogP contribution in [0.5, 0.6) is 0 Å². The highest BCUT2D eigenvalue weighted by atomic mass is 16.3. The third kappa shape index (κ3) is 4.69. The van der Waals surface area contributed by atoms with Crippen LogP contribution in [0.3, 0.4) is 0 Å². The Morgan fingerprint density at radius 3 is 2.68 bits per heavy atom. The molecule has 25 heavy (non-hydrogen) atoms. The Hall–Kier alpha value is -2.14. The second-order valence-corrected chi connectivity index (χ2v) is 7.18. The first-order valence-electron chi connectivity index (χ1n) is 9.07. The van der Waals surface area contributed by atoms with Crippen LogP contribution in [0.15, 0.2) is 30.3 Å². The van der Waals surface area contributed by atoms with Crippen molar-refractivity contribution in [3.63, 3.8) is 0 Å². The number of amides is 1. The van der Waals surface area contributed by atoms with E-state index in [-0.39, 0.29) is 12.0 Å². The minimum absolute atomic E-state index is 0.0438. The Morgan fingerprint density at radius 1 is 1.28 bits per heavy atom. The van der Waals surface area contributed by atoms with Crippen molar-refractivity contribution < 1.29 is 9.90 Å². The van der Waals surface area contributed by atoms with E-state index in [9.17, 15) is 9.90 Å². The highest BCUT2D eigenvalue weighted by Gasteiger charge is 2.20. The standard InChI is InChI=1S/C20H27N3O2/c1-14-10-15(2)23(22-14)13-16-6-8-18(9-7-16)20(25)21-12-17-4-3-5-19(24)11-17/h6-10,17,19,24H,3-5,11-13H2,1-2H3,(H,21,25). The average molecular weight is 341 g/mol. The molecule has 5 heteroatoms. The third-order valence-corrected chi connectivity index (χ3v) is 4.96. The minimum atomic E-state index is -0.204. The molecule has 1 amide bonds. The predicted molar refractivity (Wildman–Crippen MR) is 97.5 cm³/mol. The van der Waals surface area contributed by atoms with Gasteiger partial charge in [0.1, 0.15) is 0 Å². The van der Waals surface area contributed by atoms with Crippen molar-refractivity contribution in [1.82, 2.24) is 15.1 Å². The quantitative estimate of drug-likeness (QED) is 0.879. The van der Waals surface area contributed by atoms with E-state index in [4.69, 9.17) is 0 Å². The van der Waals surface area contributed by atoms with Gasteiger partial charge in [0.05, 0.1) is 18.3 Å². The van der Waals surface area contributed by atoms with Crippen molar-refractivity contribution in [2.24, 2.45) is 5.92 Å². The van der Waals surface area contributed by atoms with E-state index < -0.39 is 0 Å². The molecule has 0 saturated heterocycles. The van der Waals surface area contributed by atoms with E-state index in [0.717, 1.165) is 42.6 Å². The Balaban J connectivity index is 1.54. The van der Waals surface area contributed by atoms with Crippen LogP contribution in [0.2, 0.25) is 0 Å². The Kier molecular flexibility index (Phi) is 5.53. The lowest BCUT2D eigenvalue weighted by Gasteiger charge is -2.25. The Bertz CT molecular complexity index is 721. The number of aliphatic hydroxyl groups excluding tert-OH is 1. The van der Waals surface area contributed by atoms with E-state index in [2.05, 4.69) is 16.5 Å². The molecular formula is C20H27N3O2. The molecule has 1 aromatic carbocycles.